The summed E-state index contributed by atoms with van der Waals surface area (Å²) in [5.74, 6) is 0.909. The van der Waals surface area contributed by atoms with E-state index < -0.39 is 0 Å². The molecule has 2 aromatic heterocycles. The number of nitrogens with zero attached hydrogens (tertiary/aromatic N) is 3. The lowest BCUT2D eigenvalue weighted by Crippen LogP contribution is -2.27. The maximum atomic E-state index is 5.97. The number of hydrogen-bond acceptors (Lipinski definition) is 3. The van der Waals surface area contributed by atoms with Gasteiger partial charge in [0.25, 0.3) is 0 Å². The summed E-state index contributed by atoms with van der Waals surface area (Å²) in [5.41, 5.74) is 10.4. The lowest BCUT2D eigenvalue weighted by Gasteiger charge is -2.15. The van der Waals surface area contributed by atoms with E-state index in [1.807, 2.05) is 24.7 Å². The molecule has 1 aliphatic rings. The molecule has 1 unspecified atom stereocenters. The van der Waals surface area contributed by atoms with Gasteiger partial charge in [-0.15, -0.1) is 0 Å². The molecule has 0 spiro atoms. The van der Waals surface area contributed by atoms with Crippen molar-refractivity contribution >= 4 is 0 Å². The molecule has 0 saturated carbocycles. The first-order valence-corrected chi connectivity index (χ1v) is 5.98. The third kappa shape index (κ3) is 1.76. The average molecular weight is 231 g/mol. The standard InChI is InChI=1S/C12H17N5/c1-7-5-11(17(2)16-7)12-14-9-4-3-8(13)6-10(9)15-12/h5,8H,3-4,6,13H2,1-2H3,(H,14,15). The summed E-state index contributed by atoms with van der Waals surface area (Å²) in [6.45, 7) is 1.99. The van der Waals surface area contributed by atoms with Crippen molar-refractivity contribution in [1.82, 2.24) is 19.7 Å². The monoisotopic (exact) mass is 231 g/mol. The van der Waals surface area contributed by atoms with Crippen LogP contribution in [0.1, 0.15) is 23.5 Å². The van der Waals surface area contributed by atoms with E-state index in [-0.39, 0.29) is 6.04 Å². The van der Waals surface area contributed by atoms with Gasteiger partial charge in [0.1, 0.15) is 5.69 Å². The molecule has 17 heavy (non-hydrogen) atoms. The second-order valence-corrected chi connectivity index (χ2v) is 4.81. The number of aromatic nitrogens is 4. The number of hydrogen-bond donors (Lipinski definition) is 2. The van der Waals surface area contributed by atoms with Gasteiger partial charge >= 0.3 is 0 Å². The Kier molecular flexibility index (Phi) is 2.29. The number of aryl methyl sites for hydroxylation is 3. The zero-order valence-corrected chi connectivity index (χ0v) is 10.2. The molecule has 0 aliphatic heterocycles. The highest BCUT2D eigenvalue weighted by Gasteiger charge is 2.20. The zero-order valence-electron chi connectivity index (χ0n) is 10.2. The van der Waals surface area contributed by atoms with Crippen molar-refractivity contribution in [3.05, 3.63) is 23.1 Å². The number of aromatic amines is 1. The van der Waals surface area contributed by atoms with Crippen molar-refractivity contribution in [2.24, 2.45) is 12.8 Å². The summed E-state index contributed by atoms with van der Waals surface area (Å²) in [6.07, 6.45) is 2.91. The Bertz CT molecular complexity index is 551. The van der Waals surface area contributed by atoms with Crippen LogP contribution in [0.15, 0.2) is 6.07 Å². The molecule has 1 atom stereocenters. The smallest absolute Gasteiger partial charge is 0.156 e. The largest absolute Gasteiger partial charge is 0.340 e. The average Bonchev–Trinajstić information content (AvgIpc) is 2.80. The fraction of sp³-hybridized carbons (Fsp3) is 0.500. The number of rotatable bonds is 1. The van der Waals surface area contributed by atoms with Crippen LogP contribution in [0, 0.1) is 6.92 Å². The Morgan fingerprint density at radius 1 is 1.53 bits per heavy atom. The predicted molar refractivity (Wildman–Crippen MR) is 65.5 cm³/mol. The minimum Gasteiger partial charge on any atom is -0.340 e. The first-order valence-electron chi connectivity index (χ1n) is 5.98. The van der Waals surface area contributed by atoms with Gasteiger partial charge in [-0.1, -0.05) is 0 Å². The molecule has 3 N–H and O–H groups in total. The lowest BCUT2D eigenvalue weighted by atomic mass is 9.97. The molecule has 5 nitrogen and oxygen atoms in total. The maximum Gasteiger partial charge on any atom is 0.156 e. The fourth-order valence-electron chi connectivity index (χ4n) is 2.46. The highest BCUT2D eigenvalue weighted by atomic mass is 15.3. The number of nitrogens with two attached hydrogens (primary N) is 1. The Morgan fingerprint density at radius 2 is 2.35 bits per heavy atom. The van der Waals surface area contributed by atoms with Gasteiger partial charge in [0, 0.05) is 25.2 Å². The first-order chi connectivity index (χ1) is 8.13. The van der Waals surface area contributed by atoms with E-state index in [9.17, 15) is 0 Å². The number of H-pyrrole nitrogens is 1. The predicted octanol–water partition coefficient (Wildman–Crippen LogP) is 0.935. The fourth-order valence-corrected chi connectivity index (χ4v) is 2.46. The van der Waals surface area contributed by atoms with Crippen molar-refractivity contribution in [2.45, 2.75) is 32.2 Å². The summed E-state index contributed by atoms with van der Waals surface area (Å²) in [5, 5.41) is 4.34. The highest BCUT2D eigenvalue weighted by molar-refractivity contribution is 5.52. The van der Waals surface area contributed by atoms with Gasteiger partial charge in [0.05, 0.1) is 11.4 Å². The van der Waals surface area contributed by atoms with Crippen LogP contribution < -0.4 is 5.73 Å². The van der Waals surface area contributed by atoms with Crippen LogP contribution in [0.3, 0.4) is 0 Å². The van der Waals surface area contributed by atoms with E-state index in [0.717, 1.165) is 36.5 Å². The molecule has 2 aromatic rings. The topological polar surface area (TPSA) is 72.5 Å². The van der Waals surface area contributed by atoms with Crippen molar-refractivity contribution < 1.29 is 0 Å². The summed E-state index contributed by atoms with van der Waals surface area (Å²) >= 11 is 0. The second kappa shape index (κ2) is 3.70. The Morgan fingerprint density at radius 3 is 3.06 bits per heavy atom. The van der Waals surface area contributed by atoms with Crippen molar-refractivity contribution in [1.29, 1.82) is 0 Å². The molecule has 2 heterocycles. The summed E-state index contributed by atoms with van der Waals surface area (Å²) < 4.78 is 1.86. The van der Waals surface area contributed by atoms with Crippen molar-refractivity contribution in [2.75, 3.05) is 0 Å². The Labute approximate surface area is 100 Å². The van der Waals surface area contributed by atoms with Crippen molar-refractivity contribution in [3.63, 3.8) is 0 Å². The number of nitrogens with one attached hydrogen (secondary N) is 1. The van der Waals surface area contributed by atoms with Gasteiger partial charge < -0.3 is 10.7 Å². The molecule has 0 aromatic carbocycles. The molecule has 1 aliphatic carbocycles. The lowest BCUT2D eigenvalue weighted by molar-refractivity contribution is 0.565. The quantitative estimate of drug-likeness (QED) is 0.767. The van der Waals surface area contributed by atoms with Crippen LogP contribution in [-0.2, 0) is 19.9 Å². The molecule has 5 heteroatoms. The van der Waals surface area contributed by atoms with E-state index in [2.05, 4.69) is 15.1 Å². The van der Waals surface area contributed by atoms with E-state index >= 15 is 0 Å². The van der Waals surface area contributed by atoms with Crippen LogP contribution in [0.5, 0.6) is 0 Å². The van der Waals surface area contributed by atoms with Gasteiger partial charge in [-0.25, -0.2) is 4.98 Å². The van der Waals surface area contributed by atoms with Gasteiger partial charge in [-0.2, -0.15) is 5.10 Å². The minimum absolute atomic E-state index is 0.268. The van der Waals surface area contributed by atoms with E-state index in [1.54, 1.807) is 0 Å². The number of fused-ring (bicyclic) bond motifs is 1. The molecule has 3 rings (SSSR count). The molecule has 90 valence electrons. The van der Waals surface area contributed by atoms with E-state index in [1.165, 1.54) is 11.4 Å². The summed E-state index contributed by atoms with van der Waals surface area (Å²) in [6, 6.07) is 2.31. The highest BCUT2D eigenvalue weighted by Crippen LogP contribution is 2.23. The van der Waals surface area contributed by atoms with Crippen LogP contribution >= 0.6 is 0 Å². The number of imidazole rings is 1. The molecule has 0 bridgehead atoms. The Balaban J connectivity index is 2.02. The third-order valence-electron chi connectivity index (χ3n) is 3.33. The molecule has 0 fully saturated rings. The van der Waals surface area contributed by atoms with E-state index in [4.69, 9.17) is 5.73 Å². The zero-order chi connectivity index (χ0) is 12.0. The van der Waals surface area contributed by atoms with Crippen molar-refractivity contribution in [3.8, 4) is 11.5 Å². The van der Waals surface area contributed by atoms with E-state index in [0.29, 0.717) is 0 Å². The maximum absolute atomic E-state index is 5.97. The van der Waals surface area contributed by atoms with Crippen LogP contribution in [0.25, 0.3) is 11.5 Å². The normalized spacial score (nSPS) is 19.4. The third-order valence-corrected chi connectivity index (χ3v) is 3.33. The van der Waals surface area contributed by atoms with Gasteiger partial charge in [0.2, 0.25) is 0 Å². The molecular formula is C12H17N5. The SMILES string of the molecule is Cc1cc(-c2nc3c([nH]2)CC(N)CC3)n(C)n1. The molecular weight excluding hydrogens is 214 g/mol. The molecule has 0 saturated heterocycles. The molecule has 0 amide bonds. The molecule has 0 radical (unpaired) electrons. The Hall–Kier alpha value is -1.62. The van der Waals surface area contributed by atoms with Crippen LogP contribution in [0.4, 0.5) is 0 Å². The minimum atomic E-state index is 0.268. The van der Waals surface area contributed by atoms with Crippen LogP contribution in [-0.4, -0.2) is 25.8 Å². The summed E-state index contributed by atoms with van der Waals surface area (Å²) in [7, 11) is 1.94. The van der Waals surface area contributed by atoms with Gasteiger partial charge in [0.15, 0.2) is 5.82 Å². The summed E-state index contributed by atoms with van der Waals surface area (Å²) in [4.78, 5) is 8.04. The van der Waals surface area contributed by atoms with Gasteiger partial charge in [-0.05, 0) is 25.8 Å². The first kappa shape index (κ1) is 10.5. The van der Waals surface area contributed by atoms with Crippen LogP contribution in [0.2, 0.25) is 0 Å². The second-order valence-electron chi connectivity index (χ2n) is 4.81. The van der Waals surface area contributed by atoms with Gasteiger partial charge in [-0.3, -0.25) is 4.68 Å².